The number of halogens is 2. The molecule has 0 aliphatic rings. The molecule has 0 unspecified atom stereocenters. The van der Waals surface area contributed by atoms with E-state index in [0.29, 0.717) is 16.8 Å². The molecule has 0 saturated heterocycles. The van der Waals surface area contributed by atoms with Crippen LogP contribution < -0.4 is 4.74 Å². The molecule has 6 heteroatoms. The Morgan fingerprint density at radius 1 is 0.920 bits per heavy atom. The first-order valence-electron chi connectivity index (χ1n) is 7.34. The van der Waals surface area contributed by atoms with Crippen LogP contribution in [0.4, 0.5) is 0 Å². The van der Waals surface area contributed by atoms with Gasteiger partial charge in [0.15, 0.2) is 5.15 Å². The van der Waals surface area contributed by atoms with E-state index in [0.717, 1.165) is 27.5 Å². The standard InChI is InChI=1S/C19H12BrClN2O2/c20-15-5-1-13(2-6-15)17(11-12-24)14-3-7-16(8-4-14)25-19-10-9-18(21)22-23-19/h1-12H/b17-11-. The number of hydrogen-bond acceptors (Lipinski definition) is 4. The predicted octanol–water partition coefficient (Wildman–Crippen LogP) is 5.32. The van der Waals surface area contributed by atoms with Crippen molar-refractivity contribution in [1.82, 2.24) is 10.2 Å². The molecule has 1 heterocycles. The van der Waals surface area contributed by atoms with Gasteiger partial charge >= 0.3 is 0 Å². The van der Waals surface area contributed by atoms with Crippen molar-refractivity contribution in [3.63, 3.8) is 0 Å². The number of carbonyl (C=O) groups excluding carboxylic acids is 1. The smallest absolute Gasteiger partial charge is 0.238 e. The van der Waals surface area contributed by atoms with Crippen molar-refractivity contribution in [2.24, 2.45) is 0 Å². The van der Waals surface area contributed by atoms with E-state index in [-0.39, 0.29) is 0 Å². The van der Waals surface area contributed by atoms with Crippen molar-refractivity contribution in [2.75, 3.05) is 0 Å². The normalized spacial score (nSPS) is 11.2. The number of allylic oxidation sites excluding steroid dienone is 1. The maximum atomic E-state index is 11.0. The Morgan fingerprint density at radius 2 is 1.56 bits per heavy atom. The van der Waals surface area contributed by atoms with Gasteiger partial charge in [0.25, 0.3) is 0 Å². The van der Waals surface area contributed by atoms with Gasteiger partial charge in [-0.15, -0.1) is 10.2 Å². The minimum atomic E-state index is 0.306. The molecule has 0 aliphatic heterocycles. The Labute approximate surface area is 158 Å². The molecule has 0 saturated carbocycles. The minimum absolute atomic E-state index is 0.306. The average Bonchev–Trinajstić information content (AvgIpc) is 2.63. The lowest BCUT2D eigenvalue weighted by atomic mass is 9.98. The first-order chi connectivity index (χ1) is 12.2. The molecule has 3 rings (SSSR count). The molecule has 3 aromatic rings. The highest BCUT2D eigenvalue weighted by molar-refractivity contribution is 9.10. The number of aromatic nitrogens is 2. The van der Waals surface area contributed by atoms with Crippen LogP contribution in [0.25, 0.3) is 5.57 Å². The molecule has 124 valence electrons. The second-order valence-electron chi connectivity index (χ2n) is 5.04. The van der Waals surface area contributed by atoms with Crippen LogP contribution in [0, 0.1) is 0 Å². The summed E-state index contributed by atoms with van der Waals surface area (Å²) in [5, 5.41) is 7.89. The topological polar surface area (TPSA) is 52.1 Å². The van der Waals surface area contributed by atoms with E-state index in [1.807, 2.05) is 48.5 Å². The maximum Gasteiger partial charge on any atom is 0.238 e. The van der Waals surface area contributed by atoms with Gasteiger partial charge in [-0.25, -0.2) is 0 Å². The van der Waals surface area contributed by atoms with Gasteiger partial charge in [0, 0.05) is 10.5 Å². The quantitative estimate of drug-likeness (QED) is 0.418. The van der Waals surface area contributed by atoms with Gasteiger partial charge in [-0.1, -0.05) is 51.8 Å². The summed E-state index contributed by atoms with van der Waals surface area (Å²) in [5.74, 6) is 0.968. The highest BCUT2D eigenvalue weighted by atomic mass is 79.9. The molecule has 4 nitrogen and oxygen atoms in total. The summed E-state index contributed by atoms with van der Waals surface area (Å²) in [6.45, 7) is 0. The Hall–Kier alpha value is -2.50. The predicted molar refractivity (Wildman–Crippen MR) is 101 cm³/mol. The van der Waals surface area contributed by atoms with Crippen LogP contribution in [-0.2, 0) is 4.79 Å². The second-order valence-corrected chi connectivity index (χ2v) is 6.35. The van der Waals surface area contributed by atoms with Crippen molar-refractivity contribution < 1.29 is 9.53 Å². The van der Waals surface area contributed by atoms with Crippen LogP contribution in [0.15, 0.2) is 71.2 Å². The SMILES string of the molecule is O=C/C=C(/c1ccc(Br)cc1)c1ccc(Oc2ccc(Cl)nn2)cc1. The van der Waals surface area contributed by atoms with Gasteiger partial charge in [-0.05, 0) is 53.1 Å². The monoisotopic (exact) mass is 414 g/mol. The van der Waals surface area contributed by atoms with E-state index in [2.05, 4.69) is 26.1 Å². The van der Waals surface area contributed by atoms with Crippen LogP contribution in [0.3, 0.4) is 0 Å². The van der Waals surface area contributed by atoms with Crippen molar-refractivity contribution >= 4 is 39.4 Å². The second kappa shape index (κ2) is 8.05. The van der Waals surface area contributed by atoms with Gasteiger partial charge in [-0.2, -0.15) is 0 Å². The summed E-state index contributed by atoms with van der Waals surface area (Å²) < 4.78 is 6.60. The van der Waals surface area contributed by atoms with Crippen LogP contribution >= 0.6 is 27.5 Å². The van der Waals surface area contributed by atoms with E-state index >= 15 is 0 Å². The fourth-order valence-electron chi connectivity index (χ4n) is 2.24. The summed E-state index contributed by atoms with van der Waals surface area (Å²) in [7, 11) is 0. The summed E-state index contributed by atoms with van der Waals surface area (Å²) in [6, 6.07) is 18.4. The van der Waals surface area contributed by atoms with Crippen LogP contribution in [0.2, 0.25) is 5.15 Å². The number of hydrogen-bond donors (Lipinski definition) is 0. The molecule has 0 aliphatic carbocycles. The highest BCUT2D eigenvalue weighted by Gasteiger charge is 2.06. The molecule has 0 radical (unpaired) electrons. The third kappa shape index (κ3) is 4.53. The lowest BCUT2D eigenvalue weighted by Crippen LogP contribution is -1.92. The number of nitrogens with zero attached hydrogens (tertiary/aromatic N) is 2. The van der Waals surface area contributed by atoms with Crippen molar-refractivity contribution in [2.45, 2.75) is 0 Å². The largest absolute Gasteiger partial charge is 0.438 e. The Bertz CT molecular complexity index is 892. The van der Waals surface area contributed by atoms with E-state index < -0.39 is 0 Å². The van der Waals surface area contributed by atoms with Gasteiger partial charge in [-0.3, -0.25) is 4.79 Å². The first kappa shape index (κ1) is 17.3. The zero-order valence-electron chi connectivity index (χ0n) is 12.9. The number of ether oxygens (including phenoxy) is 1. The summed E-state index contributed by atoms with van der Waals surface area (Å²) in [4.78, 5) is 11.0. The van der Waals surface area contributed by atoms with Crippen molar-refractivity contribution in [1.29, 1.82) is 0 Å². The third-order valence-electron chi connectivity index (χ3n) is 3.39. The molecule has 0 amide bonds. The number of rotatable bonds is 5. The maximum absolute atomic E-state index is 11.0. The van der Waals surface area contributed by atoms with Crippen molar-refractivity contribution in [3.8, 4) is 11.6 Å². The van der Waals surface area contributed by atoms with Crippen LogP contribution in [0.1, 0.15) is 11.1 Å². The molecule has 0 fully saturated rings. The number of benzene rings is 2. The fraction of sp³-hybridized carbons (Fsp3) is 0. The molecule has 25 heavy (non-hydrogen) atoms. The average molecular weight is 416 g/mol. The molecule has 0 spiro atoms. The number of carbonyl (C=O) groups is 1. The molecule has 0 atom stereocenters. The van der Waals surface area contributed by atoms with Gasteiger partial charge < -0.3 is 4.74 Å². The Morgan fingerprint density at radius 3 is 2.12 bits per heavy atom. The zero-order chi connectivity index (χ0) is 17.6. The minimum Gasteiger partial charge on any atom is -0.438 e. The van der Waals surface area contributed by atoms with E-state index in [1.54, 1.807) is 18.2 Å². The molecule has 0 N–H and O–H groups in total. The fourth-order valence-corrected chi connectivity index (χ4v) is 2.60. The van der Waals surface area contributed by atoms with Crippen LogP contribution in [-0.4, -0.2) is 16.5 Å². The molecule has 2 aromatic carbocycles. The molecule has 1 aromatic heterocycles. The number of aldehydes is 1. The summed E-state index contributed by atoms with van der Waals surface area (Å²) >= 11 is 9.11. The lowest BCUT2D eigenvalue weighted by Gasteiger charge is -2.09. The highest BCUT2D eigenvalue weighted by Crippen LogP contribution is 2.27. The summed E-state index contributed by atoms with van der Waals surface area (Å²) in [6.07, 6.45) is 2.33. The van der Waals surface area contributed by atoms with E-state index in [9.17, 15) is 4.79 Å². The van der Waals surface area contributed by atoms with Gasteiger partial charge in [0.05, 0.1) is 0 Å². The first-order valence-corrected chi connectivity index (χ1v) is 8.52. The molecule has 0 bridgehead atoms. The molecular weight excluding hydrogens is 404 g/mol. The summed E-state index contributed by atoms with van der Waals surface area (Å²) in [5.41, 5.74) is 2.69. The van der Waals surface area contributed by atoms with Gasteiger partial charge in [0.1, 0.15) is 12.0 Å². The van der Waals surface area contributed by atoms with Gasteiger partial charge in [0.2, 0.25) is 5.88 Å². The Kier molecular flexibility index (Phi) is 5.58. The third-order valence-corrected chi connectivity index (χ3v) is 4.12. The molecular formula is C19H12BrClN2O2. The van der Waals surface area contributed by atoms with Crippen LogP contribution in [0.5, 0.6) is 11.6 Å². The Balaban J connectivity index is 1.84. The van der Waals surface area contributed by atoms with E-state index in [1.165, 1.54) is 0 Å². The van der Waals surface area contributed by atoms with E-state index in [4.69, 9.17) is 16.3 Å². The lowest BCUT2D eigenvalue weighted by molar-refractivity contribution is -0.104. The van der Waals surface area contributed by atoms with Crippen molar-refractivity contribution in [3.05, 3.63) is 87.5 Å². The zero-order valence-corrected chi connectivity index (χ0v) is 15.2.